The third kappa shape index (κ3) is 5.14. The Bertz CT molecular complexity index is 2050. The molecule has 8 nitrogen and oxygen atoms in total. The van der Waals surface area contributed by atoms with Gasteiger partial charge in [0.15, 0.2) is 11.6 Å². The third-order valence-corrected chi connectivity index (χ3v) is 18.1. The zero-order chi connectivity index (χ0) is 38.8. The van der Waals surface area contributed by atoms with E-state index in [4.69, 9.17) is 4.74 Å². The van der Waals surface area contributed by atoms with Gasteiger partial charge in [-0.1, -0.05) is 12.1 Å². The number of rotatable bonds is 6. The summed E-state index contributed by atoms with van der Waals surface area (Å²) in [6.45, 7) is 0. The van der Waals surface area contributed by atoms with E-state index in [0.29, 0.717) is 34.8 Å². The molecule has 12 aliphatic rings. The molecule has 13 heteroatoms. The van der Waals surface area contributed by atoms with Crippen LogP contribution in [0, 0.1) is 94.3 Å². The highest BCUT2D eigenvalue weighted by Gasteiger charge is 2.58. The van der Waals surface area contributed by atoms with E-state index in [1.165, 1.54) is 0 Å². The second-order valence-electron chi connectivity index (χ2n) is 19.9. The summed E-state index contributed by atoms with van der Waals surface area (Å²) in [5.74, 6) is -11.3. The summed E-state index contributed by atoms with van der Waals surface area (Å²) in [6.07, 6.45) is 8.73. The normalized spacial score (nSPS) is 45.2. The molecule has 0 saturated heterocycles. The third-order valence-electron chi connectivity index (χ3n) is 17.3. The van der Waals surface area contributed by atoms with Crippen molar-refractivity contribution in [3.63, 3.8) is 0 Å². The molecule has 302 valence electrons. The highest BCUT2D eigenvalue weighted by molar-refractivity contribution is 7.85. The van der Waals surface area contributed by atoms with Crippen LogP contribution in [0.25, 0.3) is 0 Å². The lowest BCUT2D eigenvalue weighted by molar-refractivity contribution is -0.109. The number of aliphatic hydroxyl groups excluding tert-OH is 3. The van der Waals surface area contributed by atoms with Gasteiger partial charge < -0.3 is 24.6 Å². The van der Waals surface area contributed by atoms with Gasteiger partial charge in [0, 0.05) is 0 Å². The summed E-state index contributed by atoms with van der Waals surface area (Å²) in [6, 6.07) is 4.01. The molecule has 0 spiro atoms. The number of esters is 1. The highest BCUT2D eigenvalue weighted by atomic mass is 32.2. The molecule has 12 saturated carbocycles. The molecule has 12 aliphatic carbocycles. The van der Waals surface area contributed by atoms with E-state index in [1.807, 2.05) is 12.1 Å². The Labute approximate surface area is 323 Å². The van der Waals surface area contributed by atoms with E-state index in [1.54, 1.807) is 0 Å². The number of carbonyl (C=O) groups is 1. The van der Waals surface area contributed by atoms with Crippen molar-refractivity contribution in [2.24, 2.45) is 71.0 Å². The van der Waals surface area contributed by atoms with Crippen LogP contribution in [0.4, 0.5) is 17.6 Å². The topological polar surface area (TPSA) is 144 Å². The maximum atomic E-state index is 15.6. The van der Waals surface area contributed by atoms with Crippen molar-refractivity contribution in [2.75, 3.05) is 0 Å². The predicted octanol–water partition coefficient (Wildman–Crippen LogP) is 6.90. The van der Waals surface area contributed by atoms with Crippen LogP contribution in [-0.2, 0) is 10.1 Å². The van der Waals surface area contributed by atoms with E-state index in [9.17, 15) is 33.1 Å². The van der Waals surface area contributed by atoms with Gasteiger partial charge in [-0.3, -0.25) is 0 Å². The standard InChI is InChI=1S/C43H48F4O8S/c44-34-36(46)42(56(52,53)54)37(47)35(45)41(34)55-43(51)33-25(31-19-2-16-5-23(11-19)39(49)28(31)8-16)13-21(30-18-1-15-4-22(10-18)38(48)27(30)7-15)14-26(33)32-20-3-17-6-24(12-20)40(50)29(32)9-17/h13-20,22-24,27-32,38-40,48-50H,1-12H2,(H,52,53,54)/p-1. The first-order valence-corrected chi connectivity index (χ1v) is 22.3. The van der Waals surface area contributed by atoms with Gasteiger partial charge >= 0.3 is 5.97 Å². The van der Waals surface area contributed by atoms with Crippen LogP contribution >= 0.6 is 0 Å². The Balaban J connectivity index is 1.12. The van der Waals surface area contributed by atoms with Crippen molar-refractivity contribution in [3.8, 4) is 5.75 Å². The Morgan fingerprint density at radius 1 is 0.571 bits per heavy atom. The average Bonchev–Trinajstić information content (AvgIpc) is 3.14. The monoisotopic (exact) mass is 799 g/mol. The van der Waals surface area contributed by atoms with Crippen molar-refractivity contribution >= 4 is 16.1 Å². The molecule has 2 aromatic rings. The van der Waals surface area contributed by atoms with Gasteiger partial charge in [-0.15, -0.1) is 0 Å². The smallest absolute Gasteiger partial charge is 0.344 e. The second kappa shape index (κ2) is 12.5. The number of benzene rings is 2. The largest absolute Gasteiger partial charge is 0.744 e. The lowest BCUT2D eigenvalue weighted by Crippen LogP contribution is -2.54. The van der Waals surface area contributed by atoms with Crippen LogP contribution in [0.5, 0.6) is 5.75 Å². The fraction of sp³-hybridized carbons (Fsp3) is 0.698. The molecule has 0 heterocycles. The average molecular weight is 800 g/mol. The van der Waals surface area contributed by atoms with Crippen molar-refractivity contribution in [3.05, 3.63) is 57.7 Å². The molecule has 18 atom stereocenters. The molecule has 14 rings (SSSR count). The molecule has 0 radical (unpaired) electrons. The maximum Gasteiger partial charge on any atom is 0.344 e. The summed E-state index contributed by atoms with van der Waals surface area (Å²) in [5, 5.41) is 35.1. The first kappa shape index (κ1) is 36.5. The molecule has 18 unspecified atom stereocenters. The van der Waals surface area contributed by atoms with E-state index >= 15 is 17.6 Å². The minimum Gasteiger partial charge on any atom is -0.744 e. The fourth-order valence-electron chi connectivity index (χ4n) is 15.8. The van der Waals surface area contributed by atoms with Gasteiger partial charge in [-0.25, -0.2) is 22.0 Å². The Hall–Kier alpha value is -2.58. The molecule has 0 amide bonds. The van der Waals surface area contributed by atoms with Gasteiger partial charge in [0.2, 0.25) is 17.4 Å². The number of halogens is 4. The Kier molecular flexibility index (Phi) is 8.13. The van der Waals surface area contributed by atoms with Gasteiger partial charge in [-0.2, -0.15) is 8.78 Å². The highest BCUT2D eigenvalue weighted by Crippen LogP contribution is 2.65. The van der Waals surface area contributed by atoms with Crippen molar-refractivity contribution < 1.29 is 55.4 Å². The maximum absolute atomic E-state index is 15.6. The summed E-state index contributed by atoms with van der Waals surface area (Å²) < 4.78 is 101. The molecule has 56 heavy (non-hydrogen) atoms. The van der Waals surface area contributed by atoms with Crippen LogP contribution in [0.1, 0.15) is 122 Å². The molecule has 12 bridgehead atoms. The lowest BCUT2D eigenvalue weighted by Gasteiger charge is -2.59. The number of aliphatic hydroxyl groups is 3. The van der Waals surface area contributed by atoms with Crippen molar-refractivity contribution in [1.29, 1.82) is 0 Å². The summed E-state index contributed by atoms with van der Waals surface area (Å²) in [7, 11) is -5.99. The van der Waals surface area contributed by atoms with Crippen LogP contribution in [0.2, 0.25) is 0 Å². The molecule has 0 aliphatic heterocycles. The number of hydrogen-bond acceptors (Lipinski definition) is 8. The van der Waals surface area contributed by atoms with Gasteiger partial charge in [0.25, 0.3) is 0 Å². The van der Waals surface area contributed by atoms with E-state index in [-0.39, 0.29) is 70.7 Å². The van der Waals surface area contributed by atoms with Crippen LogP contribution in [0.15, 0.2) is 17.0 Å². The molecule has 2 aromatic carbocycles. The van der Waals surface area contributed by atoms with Gasteiger partial charge in [-0.05, 0) is 183 Å². The Morgan fingerprint density at radius 3 is 1.36 bits per heavy atom. The van der Waals surface area contributed by atoms with Crippen LogP contribution in [0.3, 0.4) is 0 Å². The van der Waals surface area contributed by atoms with Gasteiger partial charge in [0.05, 0.1) is 23.9 Å². The molecular formula is C43H47F4O8S-. The fourth-order valence-corrected chi connectivity index (χ4v) is 16.5. The summed E-state index contributed by atoms with van der Waals surface area (Å²) >= 11 is 0. The Morgan fingerprint density at radius 2 is 0.946 bits per heavy atom. The van der Waals surface area contributed by atoms with Crippen molar-refractivity contribution in [2.45, 2.75) is 118 Å². The minimum atomic E-state index is -5.99. The van der Waals surface area contributed by atoms with E-state index in [0.717, 1.165) is 82.6 Å². The van der Waals surface area contributed by atoms with Crippen LogP contribution < -0.4 is 4.74 Å². The first-order chi connectivity index (χ1) is 26.7. The van der Waals surface area contributed by atoms with E-state index < -0.39 is 68.3 Å². The molecule has 0 aromatic heterocycles. The quantitative estimate of drug-likeness (QED) is 0.0942. The van der Waals surface area contributed by atoms with Crippen molar-refractivity contribution in [1.82, 2.24) is 0 Å². The van der Waals surface area contributed by atoms with Gasteiger partial charge in [0.1, 0.15) is 15.0 Å². The summed E-state index contributed by atoms with van der Waals surface area (Å²) in [4.78, 5) is 12.6. The zero-order valence-electron chi connectivity index (χ0n) is 30.8. The predicted molar refractivity (Wildman–Crippen MR) is 189 cm³/mol. The zero-order valence-corrected chi connectivity index (χ0v) is 31.7. The van der Waals surface area contributed by atoms with Crippen LogP contribution in [-0.4, -0.2) is 52.6 Å². The lowest BCUT2D eigenvalue weighted by atomic mass is 9.47. The molecule has 12 fully saturated rings. The minimum absolute atomic E-state index is 0.0106. The number of carbonyl (C=O) groups excluding carboxylic acids is 1. The first-order valence-electron chi connectivity index (χ1n) is 20.9. The number of ether oxygens (including phenoxy) is 1. The molecule has 3 N–H and O–H groups in total. The number of hydrogen-bond donors (Lipinski definition) is 3. The van der Waals surface area contributed by atoms with E-state index in [2.05, 4.69) is 0 Å². The molecular weight excluding hydrogens is 753 g/mol. The summed E-state index contributed by atoms with van der Waals surface area (Å²) in [5.41, 5.74) is 2.14. The second-order valence-corrected chi connectivity index (χ2v) is 21.2. The SMILES string of the molecule is O=C(Oc1c(F)c(F)c(S(=O)(=O)[O-])c(F)c1F)c1c(C2C3CC4CC(C3)C(O)C2C4)cc(C2C3CC4CC(C3)C(O)C2C4)cc1C1C2CC3CC(C2)C(O)C1C3.